The van der Waals surface area contributed by atoms with Crippen LogP contribution in [0.2, 0.25) is 0 Å². The minimum absolute atomic E-state index is 0.00594. The minimum atomic E-state index is -0.448. The van der Waals surface area contributed by atoms with Crippen molar-refractivity contribution in [3.05, 3.63) is 33.9 Å². The van der Waals surface area contributed by atoms with Crippen LogP contribution in [0.25, 0.3) is 0 Å². The molecule has 7 heteroatoms. The highest BCUT2D eigenvalue weighted by Gasteiger charge is 2.23. The van der Waals surface area contributed by atoms with Crippen molar-refractivity contribution in [2.45, 2.75) is 33.0 Å². The molecule has 1 N–H and O–H groups in total. The van der Waals surface area contributed by atoms with Gasteiger partial charge in [0.25, 0.3) is 5.69 Å². The highest BCUT2D eigenvalue weighted by Crippen LogP contribution is 2.22. The summed E-state index contributed by atoms with van der Waals surface area (Å²) in [5.74, 6) is -0.181. The molecule has 1 aliphatic heterocycles. The molecule has 0 radical (unpaired) electrons. The number of nitro groups is 1. The molecule has 1 aliphatic rings. The lowest BCUT2D eigenvalue weighted by Crippen LogP contribution is -2.48. The molecule has 1 aromatic carbocycles. The Labute approximate surface area is 129 Å². The van der Waals surface area contributed by atoms with Crippen molar-refractivity contribution in [3.8, 4) is 0 Å². The summed E-state index contributed by atoms with van der Waals surface area (Å²) in [7, 11) is 0. The van der Waals surface area contributed by atoms with Crippen LogP contribution in [-0.4, -0.2) is 47.6 Å². The topological polar surface area (TPSA) is 84.7 Å². The molecule has 1 aromatic rings. The Hall–Kier alpha value is -1.99. The third kappa shape index (κ3) is 4.25. The zero-order chi connectivity index (χ0) is 16.3. The molecule has 1 heterocycles. The number of anilines is 1. The molecule has 0 unspecified atom stereocenters. The molecule has 2 rings (SSSR count). The molecule has 120 valence electrons. The quantitative estimate of drug-likeness (QED) is 0.679. The van der Waals surface area contributed by atoms with Crippen LogP contribution in [0, 0.1) is 17.0 Å². The zero-order valence-corrected chi connectivity index (χ0v) is 13.0. The van der Waals surface area contributed by atoms with Gasteiger partial charge in [0.05, 0.1) is 23.7 Å². The van der Waals surface area contributed by atoms with E-state index in [2.05, 4.69) is 5.32 Å². The number of carbonyl (C=O) groups is 1. The molecule has 0 bridgehead atoms. The van der Waals surface area contributed by atoms with E-state index in [1.807, 2.05) is 18.7 Å². The molecule has 2 atom stereocenters. The first-order chi connectivity index (χ1) is 10.3. The first kappa shape index (κ1) is 16.4. The first-order valence-electron chi connectivity index (χ1n) is 7.28. The fourth-order valence-electron chi connectivity index (χ4n) is 2.70. The maximum absolute atomic E-state index is 12.1. The van der Waals surface area contributed by atoms with Gasteiger partial charge < -0.3 is 10.1 Å². The Kier molecular flexibility index (Phi) is 5.10. The van der Waals surface area contributed by atoms with Crippen molar-refractivity contribution in [3.63, 3.8) is 0 Å². The Morgan fingerprint density at radius 3 is 2.64 bits per heavy atom. The van der Waals surface area contributed by atoms with E-state index in [1.54, 1.807) is 19.1 Å². The summed E-state index contributed by atoms with van der Waals surface area (Å²) in [5.41, 5.74) is 1.02. The molecule has 0 aliphatic carbocycles. The lowest BCUT2D eigenvalue weighted by Gasteiger charge is -2.34. The molecule has 1 saturated heterocycles. The van der Waals surface area contributed by atoms with Gasteiger partial charge in [0.2, 0.25) is 5.91 Å². The van der Waals surface area contributed by atoms with Crippen LogP contribution in [0.5, 0.6) is 0 Å². The van der Waals surface area contributed by atoms with E-state index in [1.165, 1.54) is 6.07 Å². The van der Waals surface area contributed by atoms with Gasteiger partial charge in [-0.3, -0.25) is 19.8 Å². The van der Waals surface area contributed by atoms with Crippen LogP contribution in [-0.2, 0) is 9.53 Å². The lowest BCUT2D eigenvalue weighted by atomic mass is 10.2. The summed E-state index contributed by atoms with van der Waals surface area (Å²) in [6, 6.07) is 4.69. The summed E-state index contributed by atoms with van der Waals surface area (Å²) in [6.45, 7) is 7.27. The van der Waals surface area contributed by atoms with Crippen LogP contribution < -0.4 is 5.32 Å². The number of morpholine rings is 1. The number of benzene rings is 1. The smallest absolute Gasteiger partial charge is 0.274 e. The van der Waals surface area contributed by atoms with Gasteiger partial charge in [0, 0.05) is 30.4 Å². The summed E-state index contributed by atoms with van der Waals surface area (Å²) in [4.78, 5) is 24.6. The van der Waals surface area contributed by atoms with Crippen molar-refractivity contribution in [1.29, 1.82) is 0 Å². The molecule has 0 spiro atoms. The van der Waals surface area contributed by atoms with Crippen LogP contribution >= 0.6 is 0 Å². The Bertz CT molecular complexity index is 566. The number of aryl methyl sites for hydroxylation is 1. The second-order valence-corrected chi connectivity index (χ2v) is 5.76. The lowest BCUT2D eigenvalue weighted by molar-refractivity contribution is -0.385. The number of amides is 1. The van der Waals surface area contributed by atoms with Crippen LogP contribution in [0.3, 0.4) is 0 Å². The van der Waals surface area contributed by atoms with Gasteiger partial charge in [-0.25, -0.2) is 0 Å². The monoisotopic (exact) mass is 307 g/mol. The van der Waals surface area contributed by atoms with Gasteiger partial charge in [0.1, 0.15) is 0 Å². The Morgan fingerprint density at radius 1 is 1.41 bits per heavy atom. The van der Waals surface area contributed by atoms with Crippen LogP contribution in [0.1, 0.15) is 19.4 Å². The SMILES string of the molecule is Cc1ccc(NC(=O)CN2C[C@H](C)O[C@@H](C)C2)cc1[N+](=O)[O-]. The molecule has 0 aromatic heterocycles. The number of nitro benzene ring substituents is 1. The largest absolute Gasteiger partial charge is 0.373 e. The van der Waals surface area contributed by atoms with Gasteiger partial charge in [0.15, 0.2) is 0 Å². The second kappa shape index (κ2) is 6.85. The van der Waals surface area contributed by atoms with E-state index in [-0.39, 0.29) is 30.3 Å². The van der Waals surface area contributed by atoms with Gasteiger partial charge in [-0.1, -0.05) is 6.07 Å². The second-order valence-electron chi connectivity index (χ2n) is 5.76. The predicted molar refractivity (Wildman–Crippen MR) is 82.9 cm³/mol. The first-order valence-corrected chi connectivity index (χ1v) is 7.28. The molecule has 1 amide bonds. The number of hydrogen-bond donors (Lipinski definition) is 1. The normalized spacial score (nSPS) is 22.3. The average Bonchev–Trinajstić information content (AvgIpc) is 2.39. The molecular formula is C15H21N3O4. The van der Waals surface area contributed by atoms with Crippen molar-refractivity contribution < 1.29 is 14.5 Å². The summed E-state index contributed by atoms with van der Waals surface area (Å²) < 4.78 is 5.62. The number of nitrogens with one attached hydrogen (secondary N) is 1. The van der Waals surface area contributed by atoms with Crippen molar-refractivity contribution in [2.24, 2.45) is 0 Å². The van der Waals surface area contributed by atoms with E-state index in [4.69, 9.17) is 4.74 Å². The van der Waals surface area contributed by atoms with E-state index in [0.717, 1.165) is 0 Å². The maximum Gasteiger partial charge on any atom is 0.274 e. The molecular weight excluding hydrogens is 286 g/mol. The molecule has 0 saturated carbocycles. The van der Waals surface area contributed by atoms with Crippen molar-refractivity contribution >= 4 is 17.3 Å². The van der Waals surface area contributed by atoms with E-state index >= 15 is 0 Å². The average molecular weight is 307 g/mol. The summed E-state index contributed by atoms with van der Waals surface area (Å²) in [5, 5.41) is 13.6. The Morgan fingerprint density at radius 2 is 2.05 bits per heavy atom. The predicted octanol–water partition coefficient (Wildman–Crippen LogP) is 1.95. The number of rotatable bonds is 4. The maximum atomic E-state index is 12.1. The third-order valence-corrected chi connectivity index (χ3v) is 3.55. The highest BCUT2D eigenvalue weighted by molar-refractivity contribution is 5.92. The fraction of sp³-hybridized carbons (Fsp3) is 0.533. The molecule has 7 nitrogen and oxygen atoms in total. The van der Waals surface area contributed by atoms with E-state index in [0.29, 0.717) is 24.3 Å². The van der Waals surface area contributed by atoms with Gasteiger partial charge in [-0.15, -0.1) is 0 Å². The summed E-state index contributed by atoms with van der Waals surface area (Å²) >= 11 is 0. The number of ether oxygens (including phenoxy) is 1. The van der Waals surface area contributed by atoms with E-state index < -0.39 is 4.92 Å². The number of hydrogen-bond acceptors (Lipinski definition) is 5. The number of carbonyl (C=O) groups excluding carboxylic acids is 1. The summed E-state index contributed by atoms with van der Waals surface area (Å²) in [6.07, 6.45) is 0.189. The third-order valence-electron chi connectivity index (χ3n) is 3.55. The minimum Gasteiger partial charge on any atom is -0.373 e. The highest BCUT2D eigenvalue weighted by atomic mass is 16.6. The molecule has 1 fully saturated rings. The Balaban J connectivity index is 1.97. The van der Waals surface area contributed by atoms with Gasteiger partial charge in [-0.2, -0.15) is 0 Å². The van der Waals surface area contributed by atoms with Crippen LogP contribution in [0.4, 0.5) is 11.4 Å². The van der Waals surface area contributed by atoms with Crippen LogP contribution in [0.15, 0.2) is 18.2 Å². The van der Waals surface area contributed by atoms with Gasteiger partial charge >= 0.3 is 0 Å². The van der Waals surface area contributed by atoms with Crippen molar-refractivity contribution in [1.82, 2.24) is 4.90 Å². The fourth-order valence-corrected chi connectivity index (χ4v) is 2.70. The molecule has 22 heavy (non-hydrogen) atoms. The number of nitrogens with zero attached hydrogens (tertiary/aromatic N) is 2. The zero-order valence-electron chi connectivity index (χ0n) is 13.0. The van der Waals surface area contributed by atoms with E-state index in [9.17, 15) is 14.9 Å². The van der Waals surface area contributed by atoms with Gasteiger partial charge in [-0.05, 0) is 26.8 Å². The standard InChI is InChI=1S/C15H21N3O4/c1-10-4-5-13(6-14(10)18(20)21)16-15(19)9-17-7-11(2)22-12(3)8-17/h4-6,11-12H,7-9H2,1-3H3,(H,16,19)/t11-,12-/m0/s1. The van der Waals surface area contributed by atoms with Crippen molar-refractivity contribution in [2.75, 3.05) is 25.0 Å².